The molecule has 1 heterocycles. The summed E-state index contributed by atoms with van der Waals surface area (Å²) in [7, 11) is -1.86. The zero-order valence-electron chi connectivity index (χ0n) is 14.7. The van der Waals surface area contributed by atoms with Crippen LogP contribution in [-0.2, 0) is 15.4 Å². The predicted octanol–water partition coefficient (Wildman–Crippen LogP) is 6.92. The lowest BCUT2D eigenvalue weighted by Crippen LogP contribution is -2.11. The van der Waals surface area contributed by atoms with Crippen LogP contribution in [-0.4, -0.2) is 0 Å². The smallest absolute Gasteiger partial charge is 0.250 e. The van der Waals surface area contributed by atoms with Crippen molar-refractivity contribution in [2.45, 2.75) is 52.4 Å². The molecule has 0 saturated carbocycles. The number of rotatable bonds is 0. The molecule has 3 rings (SSSR count). The third kappa shape index (κ3) is 2.93. The van der Waals surface area contributed by atoms with Crippen molar-refractivity contribution in [1.29, 1.82) is 0 Å². The summed E-state index contributed by atoms with van der Waals surface area (Å²) in [5.41, 5.74) is 3.17. The van der Waals surface area contributed by atoms with Gasteiger partial charge in [-0.25, -0.2) is 4.20 Å². The Morgan fingerprint density at radius 2 is 1.30 bits per heavy atom. The first kappa shape index (κ1) is 16.2. The monoisotopic (exact) mass is 327 g/mol. The van der Waals surface area contributed by atoms with Gasteiger partial charge in [0.05, 0.1) is 0 Å². The average molecular weight is 327 g/mol. The Morgan fingerprint density at radius 1 is 0.783 bits per heavy atom. The van der Waals surface area contributed by atoms with Crippen LogP contribution >= 0.6 is 7.65 Å². The molecule has 2 aromatic carbocycles. The largest absolute Gasteiger partial charge is 0.597 e. The quantitative estimate of drug-likeness (QED) is 0.419. The summed E-state index contributed by atoms with van der Waals surface area (Å²) in [6.07, 6.45) is 0. The fourth-order valence-electron chi connectivity index (χ4n) is 2.80. The Morgan fingerprint density at radius 3 is 1.87 bits per heavy atom. The minimum Gasteiger partial charge on any atom is -0.250 e. The summed E-state index contributed by atoms with van der Waals surface area (Å²) >= 11 is 0. The molecule has 0 aliphatic heterocycles. The number of hydrogen-bond acceptors (Lipinski definition) is 2. The van der Waals surface area contributed by atoms with E-state index in [1.165, 1.54) is 11.1 Å². The van der Waals surface area contributed by atoms with Crippen LogP contribution in [0.15, 0.2) is 40.6 Å². The van der Waals surface area contributed by atoms with Crippen molar-refractivity contribution in [1.82, 2.24) is 0 Å². The van der Waals surface area contributed by atoms with E-state index in [0.29, 0.717) is 0 Å². The second-order valence-corrected chi connectivity index (χ2v) is 9.47. The van der Waals surface area contributed by atoms with Crippen molar-refractivity contribution < 1.29 is 8.76 Å². The topological polar surface area (TPSA) is 30.2 Å². The molecule has 0 bridgehead atoms. The van der Waals surface area contributed by atoms with E-state index in [4.69, 9.17) is 4.20 Å². The van der Waals surface area contributed by atoms with Crippen LogP contribution in [0, 0.1) is 0 Å². The molecule has 0 saturated heterocycles. The van der Waals surface area contributed by atoms with Gasteiger partial charge in [0.2, 0.25) is 5.12 Å². The molecule has 0 aliphatic rings. The zero-order chi connectivity index (χ0) is 17.0. The molecule has 1 aromatic heterocycles. The van der Waals surface area contributed by atoms with Crippen molar-refractivity contribution in [2.24, 2.45) is 0 Å². The minimum absolute atomic E-state index is 0.0293. The molecular formula is C20H24O2P+. The number of hydrogen-bond donors (Lipinski definition) is 0. The molecule has 120 valence electrons. The van der Waals surface area contributed by atoms with Gasteiger partial charge in [-0.1, -0.05) is 53.7 Å². The summed E-state index contributed by atoms with van der Waals surface area (Å²) in [5.74, 6) is 0. The van der Waals surface area contributed by atoms with E-state index in [1.54, 1.807) is 0 Å². The van der Waals surface area contributed by atoms with Gasteiger partial charge in [-0.15, -0.1) is 0 Å². The van der Waals surface area contributed by atoms with Crippen molar-refractivity contribution in [3.63, 3.8) is 0 Å². The van der Waals surface area contributed by atoms with E-state index >= 15 is 0 Å². The maximum absolute atomic E-state index is 12.6. The first-order valence-corrected chi connectivity index (χ1v) is 9.20. The van der Waals surface area contributed by atoms with Crippen molar-refractivity contribution in [3.8, 4) is 0 Å². The lowest BCUT2D eigenvalue weighted by atomic mass is 9.86. The van der Waals surface area contributed by atoms with Gasteiger partial charge >= 0.3 is 7.65 Å². The second-order valence-electron chi connectivity index (χ2n) is 8.29. The van der Waals surface area contributed by atoms with Crippen LogP contribution in [0.4, 0.5) is 0 Å². The summed E-state index contributed by atoms with van der Waals surface area (Å²) in [6, 6.07) is 12.5. The van der Waals surface area contributed by atoms with E-state index in [1.807, 2.05) is 12.1 Å². The van der Waals surface area contributed by atoms with Gasteiger partial charge < -0.3 is 0 Å². The molecule has 2 nitrogen and oxygen atoms in total. The fraction of sp³-hybridized carbons (Fsp3) is 0.400. The highest BCUT2D eigenvalue weighted by atomic mass is 31.1. The van der Waals surface area contributed by atoms with Gasteiger partial charge in [-0.05, 0) is 50.8 Å². The molecule has 1 atom stereocenters. The van der Waals surface area contributed by atoms with Crippen molar-refractivity contribution in [2.75, 3.05) is 0 Å². The molecular weight excluding hydrogens is 303 g/mol. The summed E-state index contributed by atoms with van der Waals surface area (Å²) in [4.78, 5) is 0. The van der Waals surface area contributed by atoms with Crippen LogP contribution in [0.2, 0.25) is 0 Å². The molecule has 23 heavy (non-hydrogen) atoms. The first-order chi connectivity index (χ1) is 10.6. The summed E-state index contributed by atoms with van der Waals surface area (Å²) < 4.78 is 18.4. The van der Waals surface area contributed by atoms with E-state index in [-0.39, 0.29) is 10.8 Å². The molecule has 1 unspecified atom stereocenters. The van der Waals surface area contributed by atoms with E-state index in [0.717, 1.165) is 21.5 Å². The van der Waals surface area contributed by atoms with E-state index in [9.17, 15) is 4.57 Å². The van der Waals surface area contributed by atoms with Crippen LogP contribution in [0.1, 0.15) is 52.7 Å². The Hall–Kier alpha value is -1.66. The molecule has 3 heteroatoms. The highest BCUT2D eigenvalue weighted by Crippen LogP contribution is 2.39. The van der Waals surface area contributed by atoms with Gasteiger partial charge in [0.15, 0.2) is 5.58 Å². The Labute approximate surface area is 138 Å². The van der Waals surface area contributed by atoms with Crippen LogP contribution < -0.4 is 0 Å². The van der Waals surface area contributed by atoms with Crippen molar-refractivity contribution >= 4 is 29.1 Å². The Balaban J connectivity index is 2.34. The molecule has 0 radical (unpaired) electrons. The molecule has 0 amide bonds. The molecule has 0 N–H and O–H groups in total. The second kappa shape index (κ2) is 5.18. The first-order valence-electron chi connectivity index (χ1n) is 8.02. The number of fused-ring (bicyclic) bond motifs is 3. The molecule has 0 spiro atoms. The lowest BCUT2D eigenvalue weighted by molar-refractivity contribution is 0.561. The summed E-state index contributed by atoms with van der Waals surface area (Å²) in [5, 5.41) is 2.87. The maximum atomic E-state index is 12.6. The van der Waals surface area contributed by atoms with E-state index in [2.05, 4.69) is 65.8 Å². The fourth-order valence-corrected chi connectivity index (χ4v) is 3.87. The zero-order valence-corrected chi connectivity index (χ0v) is 15.6. The lowest BCUT2D eigenvalue weighted by Gasteiger charge is -2.19. The molecule has 0 aliphatic carbocycles. The van der Waals surface area contributed by atoms with Gasteiger partial charge in [-0.2, -0.15) is 0 Å². The third-order valence-corrected chi connectivity index (χ3v) is 5.51. The third-order valence-electron chi connectivity index (χ3n) is 4.38. The van der Waals surface area contributed by atoms with Crippen LogP contribution in [0.25, 0.3) is 21.5 Å². The molecule has 3 aromatic rings. The number of benzene rings is 2. The van der Waals surface area contributed by atoms with Gasteiger partial charge in [0.1, 0.15) is 0 Å². The standard InChI is InChI=1S/C20H24O2P/c1-19(2,3)13-7-9-15-16-10-8-14(20(4,5)6)12-18(16)23(21)22-17(15)11-13/h7-12H,1-6H3/q+1. The normalized spacial score (nSPS) is 13.7. The highest BCUT2D eigenvalue weighted by Gasteiger charge is 2.22. The van der Waals surface area contributed by atoms with Gasteiger partial charge in [0, 0.05) is 10.8 Å². The molecule has 0 fully saturated rings. The van der Waals surface area contributed by atoms with Crippen LogP contribution in [0.3, 0.4) is 0 Å². The predicted molar refractivity (Wildman–Crippen MR) is 98.7 cm³/mol. The Bertz CT molecular complexity index is 953. The summed E-state index contributed by atoms with van der Waals surface area (Å²) in [6.45, 7) is 13.0. The highest BCUT2D eigenvalue weighted by molar-refractivity contribution is 7.37. The minimum atomic E-state index is -1.86. The van der Waals surface area contributed by atoms with Gasteiger partial charge in [0.25, 0.3) is 0 Å². The van der Waals surface area contributed by atoms with Crippen LogP contribution in [0.5, 0.6) is 0 Å². The van der Waals surface area contributed by atoms with E-state index < -0.39 is 7.65 Å². The average Bonchev–Trinajstić information content (AvgIpc) is 2.44. The Kier molecular flexibility index (Phi) is 3.65. The maximum Gasteiger partial charge on any atom is 0.597 e. The SMILES string of the molecule is CC(C)(C)c1ccc2c(c1)o[p+](=O)c1cc(C(C)(C)C)ccc21. The van der Waals surface area contributed by atoms with Gasteiger partial charge in [-0.3, -0.25) is 0 Å². The van der Waals surface area contributed by atoms with Crippen molar-refractivity contribution in [3.05, 3.63) is 47.5 Å².